The molecule has 76 valence electrons. The first-order chi connectivity index (χ1) is 6.24. The molecule has 0 N–H and O–H groups in total. The zero-order valence-corrected chi connectivity index (χ0v) is 8.72. The average molecular weight is 206 g/mol. The first-order valence-corrected chi connectivity index (χ1v) is 5.25. The van der Waals surface area contributed by atoms with E-state index in [1.54, 1.807) is 4.90 Å². The van der Waals surface area contributed by atoms with Crippen LogP contribution in [0.15, 0.2) is 0 Å². The van der Waals surface area contributed by atoms with Gasteiger partial charge in [-0.3, -0.25) is 0 Å². The van der Waals surface area contributed by atoms with Gasteiger partial charge >= 0.3 is 6.09 Å². The number of rotatable bonds is 2. The highest BCUT2D eigenvalue weighted by atomic mass is 35.5. The number of amides is 1. The van der Waals surface area contributed by atoms with Gasteiger partial charge in [-0.25, -0.2) is 4.79 Å². The predicted octanol–water partition coefficient (Wildman–Crippen LogP) is 2.09. The highest BCUT2D eigenvalue weighted by Crippen LogP contribution is 2.16. The van der Waals surface area contributed by atoms with Crippen molar-refractivity contribution in [2.75, 3.05) is 25.6 Å². The Balaban J connectivity index is 2.23. The van der Waals surface area contributed by atoms with Crippen LogP contribution >= 0.6 is 11.6 Å². The summed E-state index contributed by atoms with van der Waals surface area (Å²) in [7, 11) is 0. The Morgan fingerprint density at radius 3 is 2.69 bits per heavy atom. The van der Waals surface area contributed by atoms with E-state index in [2.05, 4.69) is 6.92 Å². The summed E-state index contributed by atoms with van der Waals surface area (Å²) in [4.78, 5) is 13.1. The quantitative estimate of drug-likeness (QED) is 0.647. The van der Waals surface area contributed by atoms with E-state index in [0.29, 0.717) is 12.5 Å². The van der Waals surface area contributed by atoms with E-state index in [1.165, 1.54) is 0 Å². The van der Waals surface area contributed by atoms with Crippen LogP contribution in [-0.2, 0) is 4.74 Å². The number of piperidine rings is 1. The molecule has 1 aliphatic heterocycles. The highest BCUT2D eigenvalue weighted by Gasteiger charge is 2.20. The summed E-state index contributed by atoms with van der Waals surface area (Å²) in [5.41, 5.74) is 0. The number of ether oxygens (including phenoxy) is 1. The number of alkyl halides is 1. The summed E-state index contributed by atoms with van der Waals surface area (Å²) in [5, 5.41) is 0. The van der Waals surface area contributed by atoms with Crippen LogP contribution in [0.5, 0.6) is 0 Å². The van der Waals surface area contributed by atoms with E-state index < -0.39 is 0 Å². The number of likely N-dealkylation sites (tertiary alicyclic amines) is 1. The van der Waals surface area contributed by atoms with Gasteiger partial charge in [0.1, 0.15) is 6.61 Å². The normalized spacial score (nSPS) is 18.8. The van der Waals surface area contributed by atoms with Crippen LogP contribution in [0.3, 0.4) is 0 Å². The Morgan fingerprint density at radius 2 is 2.15 bits per heavy atom. The molecule has 1 fully saturated rings. The maximum Gasteiger partial charge on any atom is 0.409 e. The standard InChI is InChI=1S/C9H16ClNO2/c1-8-2-5-11(6-3-8)9(12)13-7-4-10/h8H,2-7H2,1H3. The van der Waals surface area contributed by atoms with Crippen LogP contribution in [0.1, 0.15) is 19.8 Å². The molecule has 13 heavy (non-hydrogen) atoms. The molecule has 0 aliphatic carbocycles. The maximum atomic E-state index is 11.3. The molecule has 0 atom stereocenters. The van der Waals surface area contributed by atoms with Crippen molar-refractivity contribution in [1.29, 1.82) is 0 Å². The Bertz CT molecular complexity index is 167. The number of carbonyl (C=O) groups excluding carboxylic acids is 1. The average Bonchev–Trinajstić information content (AvgIpc) is 2.15. The van der Waals surface area contributed by atoms with E-state index in [1.807, 2.05) is 0 Å². The second-order valence-electron chi connectivity index (χ2n) is 3.47. The topological polar surface area (TPSA) is 29.5 Å². The van der Waals surface area contributed by atoms with Crippen molar-refractivity contribution in [3.8, 4) is 0 Å². The lowest BCUT2D eigenvalue weighted by atomic mass is 10.00. The smallest absolute Gasteiger partial charge is 0.409 e. The van der Waals surface area contributed by atoms with E-state index in [4.69, 9.17) is 16.3 Å². The molecule has 0 radical (unpaired) electrons. The van der Waals surface area contributed by atoms with Gasteiger partial charge in [0.25, 0.3) is 0 Å². The molecule has 1 aliphatic rings. The molecule has 1 heterocycles. The Labute approximate surface area is 84.0 Å². The minimum Gasteiger partial charge on any atom is -0.448 e. The van der Waals surface area contributed by atoms with Crippen LogP contribution in [0, 0.1) is 5.92 Å². The third-order valence-corrected chi connectivity index (χ3v) is 2.50. The van der Waals surface area contributed by atoms with Crippen LogP contribution < -0.4 is 0 Å². The first-order valence-electron chi connectivity index (χ1n) is 4.71. The SMILES string of the molecule is CC1CCN(C(=O)OCCCl)CC1. The summed E-state index contributed by atoms with van der Waals surface area (Å²) < 4.78 is 4.92. The number of hydrogen-bond acceptors (Lipinski definition) is 2. The van der Waals surface area contributed by atoms with Crippen molar-refractivity contribution in [3.63, 3.8) is 0 Å². The van der Waals surface area contributed by atoms with E-state index in [9.17, 15) is 4.79 Å². The monoisotopic (exact) mass is 205 g/mol. The van der Waals surface area contributed by atoms with Gasteiger partial charge in [-0.05, 0) is 18.8 Å². The summed E-state index contributed by atoms with van der Waals surface area (Å²) in [5.74, 6) is 1.10. The van der Waals surface area contributed by atoms with Crippen molar-refractivity contribution in [2.45, 2.75) is 19.8 Å². The number of halogens is 1. The molecular weight excluding hydrogens is 190 g/mol. The minimum atomic E-state index is -0.215. The van der Waals surface area contributed by atoms with Gasteiger partial charge in [-0.1, -0.05) is 6.92 Å². The predicted molar refractivity (Wildman–Crippen MR) is 52.0 cm³/mol. The van der Waals surface area contributed by atoms with Crippen LogP contribution in [0.2, 0.25) is 0 Å². The van der Waals surface area contributed by atoms with Gasteiger partial charge < -0.3 is 9.64 Å². The molecule has 0 spiro atoms. The molecule has 1 saturated heterocycles. The molecule has 0 aromatic carbocycles. The zero-order valence-electron chi connectivity index (χ0n) is 7.96. The lowest BCUT2D eigenvalue weighted by Crippen LogP contribution is -2.38. The fraction of sp³-hybridized carbons (Fsp3) is 0.889. The molecule has 4 heteroatoms. The fourth-order valence-electron chi connectivity index (χ4n) is 1.41. The zero-order chi connectivity index (χ0) is 9.68. The molecule has 0 aromatic rings. The lowest BCUT2D eigenvalue weighted by Gasteiger charge is -2.29. The van der Waals surface area contributed by atoms with Gasteiger partial charge in [0.15, 0.2) is 0 Å². The number of hydrogen-bond donors (Lipinski definition) is 0. The fourth-order valence-corrected chi connectivity index (χ4v) is 1.49. The van der Waals surface area contributed by atoms with Crippen molar-refractivity contribution < 1.29 is 9.53 Å². The van der Waals surface area contributed by atoms with Crippen molar-refractivity contribution >= 4 is 17.7 Å². The van der Waals surface area contributed by atoms with E-state index in [-0.39, 0.29) is 6.09 Å². The number of nitrogens with zero attached hydrogens (tertiary/aromatic N) is 1. The molecular formula is C9H16ClNO2. The third-order valence-electron chi connectivity index (χ3n) is 2.34. The van der Waals surface area contributed by atoms with Gasteiger partial charge in [0.05, 0.1) is 5.88 Å². The number of carbonyl (C=O) groups is 1. The summed E-state index contributed by atoms with van der Waals surface area (Å²) in [6, 6.07) is 0. The van der Waals surface area contributed by atoms with Gasteiger partial charge in [-0.2, -0.15) is 0 Å². The molecule has 1 amide bonds. The summed E-state index contributed by atoms with van der Waals surface area (Å²) >= 11 is 5.41. The molecule has 3 nitrogen and oxygen atoms in total. The Kier molecular flexibility index (Phi) is 4.36. The van der Waals surface area contributed by atoms with E-state index in [0.717, 1.165) is 31.8 Å². The molecule has 0 aromatic heterocycles. The summed E-state index contributed by atoms with van der Waals surface area (Å²) in [6.07, 6.45) is 1.94. The third kappa shape index (κ3) is 3.43. The lowest BCUT2D eigenvalue weighted by molar-refractivity contribution is 0.0939. The Hall–Kier alpha value is -0.440. The van der Waals surface area contributed by atoms with Gasteiger partial charge in [0.2, 0.25) is 0 Å². The molecule has 0 saturated carbocycles. The van der Waals surface area contributed by atoms with E-state index >= 15 is 0 Å². The molecule has 0 bridgehead atoms. The highest BCUT2D eigenvalue weighted by molar-refractivity contribution is 6.18. The molecule has 1 rings (SSSR count). The second-order valence-corrected chi connectivity index (χ2v) is 3.85. The Morgan fingerprint density at radius 1 is 1.54 bits per heavy atom. The van der Waals surface area contributed by atoms with Crippen LogP contribution in [-0.4, -0.2) is 36.6 Å². The first kappa shape index (κ1) is 10.6. The van der Waals surface area contributed by atoms with Gasteiger partial charge in [-0.15, -0.1) is 11.6 Å². The minimum absolute atomic E-state index is 0.215. The van der Waals surface area contributed by atoms with Crippen molar-refractivity contribution in [2.24, 2.45) is 5.92 Å². The van der Waals surface area contributed by atoms with Crippen LogP contribution in [0.25, 0.3) is 0 Å². The van der Waals surface area contributed by atoms with Crippen molar-refractivity contribution in [3.05, 3.63) is 0 Å². The largest absolute Gasteiger partial charge is 0.448 e. The van der Waals surface area contributed by atoms with Crippen LogP contribution in [0.4, 0.5) is 4.79 Å². The second kappa shape index (κ2) is 5.32. The van der Waals surface area contributed by atoms with Gasteiger partial charge in [0, 0.05) is 13.1 Å². The van der Waals surface area contributed by atoms with Crippen molar-refractivity contribution in [1.82, 2.24) is 4.90 Å². The maximum absolute atomic E-state index is 11.3. The molecule has 0 unspecified atom stereocenters. The summed E-state index contributed by atoms with van der Waals surface area (Å²) in [6.45, 7) is 4.17.